The molecule has 4 atom stereocenters. The number of ketones is 2. The highest BCUT2D eigenvalue weighted by molar-refractivity contribution is 6.07. The molecular weight excluding hydrogens is 785 g/mol. The number of fused-ring (bicyclic) bond motifs is 1. The molecule has 1 aliphatic heterocycles. The van der Waals surface area contributed by atoms with E-state index in [4.69, 9.17) is 10.5 Å². The predicted octanol–water partition coefficient (Wildman–Crippen LogP) is 8.56. The molecule has 334 valence electrons. The summed E-state index contributed by atoms with van der Waals surface area (Å²) >= 11 is 0. The van der Waals surface area contributed by atoms with Gasteiger partial charge in [0.15, 0.2) is 17.3 Å². The van der Waals surface area contributed by atoms with Crippen molar-refractivity contribution in [1.82, 2.24) is 15.6 Å². The van der Waals surface area contributed by atoms with Gasteiger partial charge >= 0.3 is 0 Å². The van der Waals surface area contributed by atoms with Crippen molar-refractivity contribution in [2.24, 2.45) is 23.2 Å². The highest BCUT2D eigenvalue weighted by Crippen LogP contribution is 2.51. The second-order valence-corrected chi connectivity index (χ2v) is 18.5. The van der Waals surface area contributed by atoms with Crippen LogP contribution in [0.2, 0.25) is 0 Å². The van der Waals surface area contributed by atoms with Crippen LogP contribution in [0, 0.1) is 23.2 Å². The lowest BCUT2D eigenvalue weighted by molar-refractivity contribution is -0.124. The van der Waals surface area contributed by atoms with Gasteiger partial charge in [-0.05, 0) is 176 Å². The standard InChI is InChI=1S/C54H68N4O5/c1-56-50-20-19-41-34-57-25-21-47(41)49(50)33-54(22-6-7-23-54)24-9-14-45(60)31-46(61)28-44(36-59)48-32-52(63-2)51(62)29-42(48)27-43-35-58-53(55)30-40(43)18-17-39-13-8-12-38(26-39)16-15-37-10-4-3-5-11-37/h3-5,8,10-13,19-20,26,28-30,32,35,41,47,49-50,56-57,59,62H,6-7,9,14-18,21-25,27,31,33-34,36H2,1-2H3,(H2,55,58)/b44-28+/t41-,47+,49-,50-/m1/s1. The van der Waals surface area contributed by atoms with E-state index >= 15 is 0 Å². The van der Waals surface area contributed by atoms with Gasteiger partial charge in [-0.3, -0.25) is 9.59 Å². The van der Waals surface area contributed by atoms with E-state index < -0.39 is 6.61 Å². The molecule has 7 rings (SSSR count). The molecule has 2 fully saturated rings. The van der Waals surface area contributed by atoms with Crippen molar-refractivity contribution < 1.29 is 24.5 Å². The Labute approximate surface area is 374 Å². The average Bonchev–Trinajstić information content (AvgIpc) is 3.76. The monoisotopic (exact) mass is 853 g/mol. The number of nitrogen functional groups attached to an aromatic ring is 1. The Balaban J connectivity index is 1.00. The largest absolute Gasteiger partial charge is 0.504 e. The van der Waals surface area contributed by atoms with Gasteiger partial charge in [0.25, 0.3) is 0 Å². The number of nitrogens with zero attached hydrogens (tertiary/aromatic N) is 1. The summed E-state index contributed by atoms with van der Waals surface area (Å²) < 4.78 is 5.48. The number of aromatic nitrogens is 1. The van der Waals surface area contributed by atoms with Crippen LogP contribution in [0.25, 0.3) is 5.57 Å². The number of nitrogens with two attached hydrogens (primary N) is 1. The molecule has 0 radical (unpaired) electrons. The summed E-state index contributed by atoms with van der Waals surface area (Å²) in [6.45, 7) is 1.71. The Bertz CT molecular complexity index is 2230. The first-order valence-corrected chi connectivity index (χ1v) is 23.3. The van der Waals surface area contributed by atoms with Crippen LogP contribution in [0.1, 0.15) is 103 Å². The number of Topliss-reactive ketones (excluding diaryl/α,β-unsaturated/α-hetero) is 1. The van der Waals surface area contributed by atoms with Crippen LogP contribution in [-0.2, 0) is 41.7 Å². The van der Waals surface area contributed by atoms with Crippen molar-refractivity contribution in [3.63, 3.8) is 0 Å². The topological polar surface area (TPSA) is 147 Å². The number of aliphatic hydroxyl groups excluding tert-OH is 1. The van der Waals surface area contributed by atoms with Crippen molar-refractivity contribution in [3.8, 4) is 11.5 Å². The molecule has 9 heteroatoms. The molecule has 9 nitrogen and oxygen atoms in total. The van der Waals surface area contributed by atoms with E-state index in [1.165, 1.54) is 68.4 Å². The number of aromatic hydroxyl groups is 1. The molecule has 0 amide bonds. The fourth-order valence-electron chi connectivity index (χ4n) is 11.0. The van der Waals surface area contributed by atoms with Crippen molar-refractivity contribution in [2.75, 3.05) is 39.6 Å². The Morgan fingerprint density at radius 3 is 2.43 bits per heavy atom. The van der Waals surface area contributed by atoms with Crippen molar-refractivity contribution in [1.29, 1.82) is 0 Å². The number of nitrogens with one attached hydrogen (secondary N) is 2. The van der Waals surface area contributed by atoms with Gasteiger partial charge in [0.1, 0.15) is 11.6 Å². The number of anilines is 1. The zero-order valence-corrected chi connectivity index (χ0v) is 37.4. The number of piperidine rings is 1. The SMILES string of the molecule is CN[C@@H]1C=C[C@@H]2CNCC[C@@H]2[C@H]1CC1(CCCC(=O)CC(=O)/C=C(\CO)c2cc(OC)c(O)cc2Cc2cnc(N)cc2CCc2cccc(CCc3ccccc3)c2)CCCC1. The summed E-state index contributed by atoms with van der Waals surface area (Å²) in [6.07, 6.45) is 21.1. The average molecular weight is 853 g/mol. The Morgan fingerprint density at radius 1 is 0.937 bits per heavy atom. The van der Waals surface area contributed by atoms with E-state index in [1.807, 2.05) is 12.1 Å². The van der Waals surface area contributed by atoms with E-state index in [2.05, 4.69) is 83.3 Å². The third kappa shape index (κ3) is 12.1. The van der Waals surface area contributed by atoms with Crippen LogP contribution in [0.5, 0.6) is 11.5 Å². The number of likely N-dealkylation sites (N-methyl/N-ethyl adjacent to an activating group) is 1. The summed E-state index contributed by atoms with van der Waals surface area (Å²) in [5, 5.41) is 28.8. The van der Waals surface area contributed by atoms with Gasteiger partial charge in [-0.1, -0.05) is 79.6 Å². The number of hydrogen-bond donors (Lipinski definition) is 5. The number of ether oxygens (including phenoxy) is 1. The third-order valence-corrected chi connectivity index (χ3v) is 14.3. The molecule has 1 saturated heterocycles. The summed E-state index contributed by atoms with van der Waals surface area (Å²) in [5.41, 5.74) is 13.9. The normalized spacial score (nSPS) is 20.7. The number of aliphatic hydroxyl groups is 1. The third-order valence-electron chi connectivity index (χ3n) is 14.3. The number of carbonyl (C=O) groups excluding carboxylic acids is 2. The zero-order valence-electron chi connectivity index (χ0n) is 37.4. The van der Waals surface area contributed by atoms with E-state index in [-0.39, 0.29) is 34.9 Å². The van der Waals surface area contributed by atoms with Crippen LogP contribution < -0.4 is 21.1 Å². The first kappa shape index (κ1) is 45.9. The highest BCUT2D eigenvalue weighted by Gasteiger charge is 2.43. The van der Waals surface area contributed by atoms with Crippen LogP contribution in [0.15, 0.2) is 97.2 Å². The number of allylic oxidation sites excluding steroid dienone is 1. The van der Waals surface area contributed by atoms with Gasteiger partial charge in [0, 0.05) is 25.2 Å². The molecule has 0 bridgehead atoms. The van der Waals surface area contributed by atoms with Gasteiger partial charge in [0.2, 0.25) is 0 Å². The molecular formula is C54H68N4O5. The summed E-state index contributed by atoms with van der Waals surface area (Å²) in [5.74, 6) is 2.04. The molecule has 3 aliphatic rings. The fraction of sp³-hybridized carbons (Fsp3) is 0.463. The molecule has 63 heavy (non-hydrogen) atoms. The summed E-state index contributed by atoms with van der Waals surface area (Å²) in [6, 6.07) is 24.8. The lowest BCUT2D eigenvalue weighted by Gasteiger charge is -2.46. The minimum atomic E-state index is -0.432. The summed E-state index contributed by atoms with van der Waals surface area (Å²) in [7, 11) is 3.55. The zero-order chi connectivity index (χ0) is 44.2. The number of rotatable bonds is 21. The quantitative estimate of drug-likeness (QED) is 0.0316. The van der Waals surface area contributed by atoms with Crippen LogP contribution >= 0.6 is 0 Å². The number of benzene rings is 3. The number of hydrogen-bond acceptors (Lipinski definition) is 9. The van der Waals surface area contributed by atoms with Crippen LogP contribution in [0.3, 0.4) is 0 Å². The molecule has 2 aliphatic carbocycles. The second-order valence-electron chi connectivity index (χ2n) is 18.5. The lowest BCUT2D eigenvalue weighted by Crippen LogP contribution is -2.49. The minimum absolute atomic E-state index is 0.0515. The number of phenols is 1. The molecule has 1 saturated carbocycles. The molecule has 6 N–H and O–H groups in total. The molecule has 1 aromatic heterocycles. The molecule has 0 unspecified atom stereocenters. The van der Waals surface area contributed by atoms with Gasteiger partial charge in [-0.25, -0.2) is 4.98 Å². The Hall–Kier alpha value is -5.09. The maximum absolute atomic E-state index is 13.6. The van der Waals surface area contributed by atoms with E-state index in [0.717, 1.165) is 62.7 Å². The number of phenolic OH excluding ortho intramolecular Hbond substituents is 1. The number of carbonyl (C=O) groups is 2. The number of pyridine rings is 1. The Morgan fingerprint density at radius 2 is 1.68 bits per heavy atom. The highest BCUT2D eigenvalue weighted by atomic mass is 16.5. The van der Waals surface area contributed by atoms with Crippen molar-refractivity contribution >= 4 is 23.0 Å². The maximum atomic E-state index is 13.6. The van der Waals surface area contributed by atoms with E-state index in [1.54, 1.807) is 18.3 Å². The van der Waals surface area contributed by atoms with Gasteiger partial charge in [-0.2, -0.15) is 0 Å². The lowest BCUT2D eigenvalue weighted by atomic mass is 9.63. The predicted molar refractivity (Wildman–Crippen MR) is 253 cm³/mol. The van der Waals surface area contributed by atoms with Crippen LogP contribution in [0.4, 0.5) is 5.82 Å². The number of aryl methyl sites for hydroxylation is 4. The van der Waals surface area contributed by atoms with Gasteiger partial charge in [0.05, 0.1) is 20.1 Å². The first-order valence-electron chi connectivity index (χ1n) is 23.3. The van der Waals surface area contributed by atoms with E-state index in [9.17, 15) is 19.8 Å². The molecule has 0 spiro atoms. The maximum Gasteiger partial charge on any atom is 0.163 e. The fourth-order valence-corrected chi connectivity index (χ4v) is 11.0. The number of methoxy groups -OCH3 is 1. The van der Waals surface area contributed by atoms with Crippen molar-refractivity contribution in [2.45, 2.75) is 102 Å². The molecule has 3 aromatic carbocycles. The van der Waals surface area contributed by atoms with Crippen molar-refractivity contribution in [3.05, 3.63) is 136 Å². The molecule has 4 aromatic rings. The second kappa shape index (κ2) is 22.0. The van der Waals surface area contributed by atoms with Gasteiger partial charge in [-0.15, -0.1) is 0 Å². The van der Waals surface area contributed by atoms with E-state index in [0.29, 0.717) is 59.2 Å². The Kier molecular flexibility index (Phi) is 16.0. The molecule has 2 heterocycles. The summed E-state index contributed by atoms with van der Waals surface area (Å²) in [4.78, 5) is 31.4. The van der Waals surface area contributed by atoms with Gasteiger partial charge < -0.3 is 31.3 Å². The smallest absolute Gasteiger partial charge is 0.163 e. The first-order chi connectivity index (χ1) is 30.7. The minimum Gasteiger partial charge on any atom is -0.504 e. The van der Waals surface area contributed by atoms with Crippen LogP contribution in [-0.4, -0.2) is 66.7 Å².